The molecular formula is C14H20ClN3O2. The summed E-state index contributed by atoms with van der Waals surface area (Å²) in [7, 11) is 2.00. The maximum absolute atomic E-state index is 12.0. The molecule has 0 atom stereocenters. The first-order valence-electron chi connectivity index (χ1n) is 6.79. The van der Waals surface area contributed by atoms with E-state index < -0.39 is 0 Å². The van der Waals surface area contributed by atoms with Crippen LogP contribution >= 0.6 is 11.6 Å². The molecule has 1 aromatic rings. The highest BCUT2D eigenvalue weighted by Crippen LogP contribution is 2.08. The fraction of sp³-hybridized carbons (Fsp3) is 0.571. The van der Waals surface area contributed by atoms with Gasteiger partial charge in [-0.1, -0.05) is 17.7 Å². The number of rotatable bonds is 5. The Labute approximate surface area is 124 Å². The molecule has 0 unspecified atom stereocenters. The van der Waals surface area contributed by atoms with Crippen molar-refractivity contribution in [3.63, 3.8) is 0 Å². The molecule has 1 aliphatic heterocycles. The third kappa shape index (κ3) is 4.74. The van der Waals surface area contributed by atoms with Gasteiger partial charge >= 0.3 is 0 Å². The van der Waals surface area contributed by atoms with Crippen LogP contribution in [0.15, 0.2) is 18.3 Å². The Morgan fingerprint density at radius 2 is 2.20 bits per heavy atom. The van der Waals surface area contributed by atoms with Gasteiger partial charge in [0.2, 0.25) is 5.91 Å². The monoisotopic (exact) mass is 297 g/mol. The number of pyridine rings is 1. The normalized spacial score (nSPS) is 15.7. The van der Waals surface area contributed by atoms with Crippen LogP contribution in [-0.4, -0.2) is 60.6 Å². The van der Waals surface area contributed by atoms with Crippen LogP contribution in [0.2, 0.25) is 5.15 Å². The number of halogens is 1. The number of hydrogen-bond acceptors (Lipinski definition) is 4. The average molecular weight is 298 g/mol. The number of carbonyl (C=O) groups excluding carboxylic acids is 1. The fourth-order valence-electron chi connectivity index (χ4n) is 2.15. The van der Waals surface area contributed by atoms with Crippen LogP contribution in [-0.2, 0) is 16.1 Å². The molecule has 1 amide bonds. The molecule has 0 spiro atoms. The first-order chi connectivity index (χ1) is 9.65. The maximum atomic E-state index is 12.0. The largest absolute Gasteiger partial charge is 0.378 e. The molecular weight excluding hydrogens is 278 g/mol. The summed E-state index contributed by atoms with van der Waals surface area (Å²) < 4.78 is 5.24. The summed E-state index contributed by atoms with van der Waals surface area (Å²) in [5.41, 5.74) is 1.09. The van der Waals surface area contributed by atoms with E-state index in [1.165, 1.54) is 0 Å². The van der Waals surface area contributed by atoms with Crippen LogP contribution < -0.4 is 0 Å². The van der Waals surface area contributed by atoms with Crippen LogP contribution in [0.1, 0.15) is 12.0 Å². The van der Waals surface area contributed by atoms with Crippen molar-refractivity contribution in [1.82, 2.24) is 14.8 Å². The zero-order valence-electron chi connectivity index (χ0n) is 11.7. The van der Waals surface area contributed by atoms with Gasteiger partial charge in [-0.25, -0.2) is 4.98 Å². The Morgan fingerprint density at radius 3 is 2.85 bits per heavy atom. The number of carbonyl (C=O) groups is 1. The third-order valence-electron chi connectivity index (χ3n) is 3.31. The average Bonchev–Trinajstić information content (AvgIpc) is 2.48. The predicted molar refractivity (Wildman–Crippen MR) is 77.6 cm³/mol. The number of nitrogens with zero attached hydrogens (tertiary/aromatic N) is 3. The molecule has 0 saturated carbocycles. The second kappa shape index (κ2) is 7.57. The number of aromatic nitrogens is 1. The lowest BCUT2D eigenvalue weighted by molar-refractivity contribution is -0.135. The lowest BCUT2D eigenvalue weighted by atomic mass is 10.2. The number of amides is 1. The molecule has 1 aliphatic rings. The van der Waals surface area contributed by atoms with Gasteiger partial charge in [-0.2, -0.15) is 0 Å². The van der Waals surface area contributed by atoms with Gasteiger partial charge in [0.05, 0.1) is 13.2 Å². The highest BCUT2D eigenvalue weighted by Gasteiger charge is 2.16. The van der Waals surface area contributed by atoms with E-state index in [2.05, 4.69) is 9.88 Å². The smallest absolute Gasteiger partial charge is 0.224 e. The van der Waals surface area contributed by atoms with Crippen LogP contribution in [0.25, 0.3) is 0 Å². The van der Waals surface area contributed by atoms with Crippen molar-refractivity contribution in [2.24, 2.45) is 0 Å². The molecule has 0 N–H and O–H groups in total. The molecule has 20 heavy (non-hydrogen) atoms. The Hall–Kier alpha value is -1.17. The molecule has 1 fully saturated rings. The van der Waals surface area contributed by atoms with E-state index in [1.54, 1.807) is 12.3 Å². The number of ether oxygens (including phenoxy) is 1. The zero-order valence-corrected chi connectivity index (χ0v) is 12.5. The minimum Gasteiger partial charge on any atom is -0.378 e. The Morgan fingerprint density at radius 1 is 1.45 bits per heavy atom. The summed E-state index contributed by atoms with van der Waals surface area (Å²) in [5, 5.41) is 0.499. The van der Waals surface area contributed by atoms with Gasteiger partial charge in [0.15, 0.2) is 0 Å². The fourth-order valence-corrected chi connectivity index (χ4v) is 2.26. The quantitative estimate of drug-likeness (QED) is 0.771. The Kier molecular flexibility index (Phi) is 5.76. The lowest BCUT2D eigenvalue weighted by Crippen LogP contribution is -2.41. The Balaban J connectivity index is 1.72. The highest BCUT2D eigenvalue weighted by molar-refractivity contribution is 6.29. The number of morpholine rings is 1. The van der Waals surface area contributed by atoms with Gasteiger partial charge in [-0.05, 0) is 18.7 Å². The first kappa shape index (κ1) is 15.2. The molecule has 2 rings (SSSR count). The molecule has 5 nitrogen and oxygen atoms in total. The maximum Gasteiger partial charge on any atom is 0.224 e. The van der Waals surface area contributed by atoms with Crippen LogP contribution in [0.3, 0.4) is 0 Å². The van der Waals surface area contributed by atoms with E-state index in [-0.39, 0.29) is 5.91 Å². The Bertz CT molecular complexity index is 433. The second-order valence-corrected chi connectivity index (χ2v) is 5.36. The molecule has 6 heteroatoms. The molecule has 0 radical (unpaired) electrons. The van der Waals surface area contributed by atoms with E-state index in [9.17, 15) is 4.79 Å². The summed E-state index contributed by atoms with van der Waals surface area (Å²) in [6.45, 7) is 4.22. The van der Waals surface area contributed by atoms with E-state index in [0.29, 0.717) is 37.9 Å². The van der Waals surface area contributed by atoms with Gasteiger partial charge in [-0.15, -0.1) is 0 Å². The topological polar surface area (TPSA) is 45.7 Å². The SMILES string of the molecule is CN(CCC(=O)N1CCOCC1)Cc1ccc(Cl)nc1. The van der Waals surface area contributed by atoms with Crippen molar-refractivity contribution in [3.8, 4) is 0 Å². The molecule has 2 heterocycles. The van der Waals surface area contributed by atoms with E-state index >= 15 is 0 Å². The first-order valence-corrected chi connectivity index (χ1v) is 7.17. The summed E-state index contributed by atoms with van der Waals surface area (Å²) in [6.07, 6.45) is 2.31. The second-order valence-electron chi connectivity index (χ2n) is 4.97. The minimum absolute atomic E-state index is 0.203. The van der Waals surface area contributed by atoms with Gasteiger partial charge in [0.25, 0.3) is 0 Å². The van der Waals surface area contributed by atoms with Crippen molar-refractivity contribution >= 4 is 17.5 Å². The number of hydrogen-bond donors (Lipinski definition) is 0. The zero-order chi connectivity index (χ0) is 14.4. The van der Waals surface area contributed by atoms with Crippen molar-refractivity contribution in [2.45, 2.75) is 13.0 Å². The molecule has 1 aromatic heterocycles. The highest BCUT2D eigenvalue weighted by atomic mass is 35.5. The van der Waals surface area contributed by atoms with Gasteiger partial charge in [-0.3, -0.25) is 4.79 Å². The molecule has 0 bridgehead atoms. The summed E-state index contributed by atoms with van der Waals surface area (Å²) in [6, 6.07) is 3.74. The summed E-state index contributed by atoms with van der Waals surface area (Å²) in [4.78, 5) is 20.1. The third-order valence-corrected chi connectivity index (χ3v) is 3.54. The minimum atomic E-state index is 0.203. The molecule has 0 aromatic carbocycles. The van der Waals surface area contributed by atoms with Gasteiger partial charge < -0.3 is 14.5 Å². The van der Waals surface area contributed by atoms with Crippen LogP contribution in [0, 0.1) is 0 Å². The van der Waals surface area contributed by atoms with Crippen LogP contribution in [0.4, 0.5) is 0 Å². The van der Waals surface area contributed by atoms with E-state index in [1.807, 2.05) is 18.0 Å². The lowest BCUT2D eigenvalue weighted by Gasteiger charge is -2.27. The van der Waals surface area contributed by atoms with Crippen molar-refractivity contribution < 1.29 is 9.53 Å². The van der Waals surface area contributed by atoms with E-state index in [0.717, 1.165) is 18.7 Å². The summed E-state index contributed by atoms with van der Waals surface area (Å²) >= 11 is 5.75. The standard InChI is InChI=1S/C14H20ClN3O2/c1-17(11-12-2-3-13(15)16-10-12)5-4-14(19)18-6-8-20-9-7-18/h2-3,10H,4-9,11H2,1H3. The van der Waals surface area contributed by atoms with E-state index in [4.69, 9.17) is 16.3 Å². The van der Waals surface area contributed by atoms with Crippen molar-refractivity contribution in [3.05, 3.63) is 29.0 Å². The predicted octanol–water partition coefficient (Wildman–Crippen LogP) is 1.42. The summed E-state index contributed by atoms with van der Waals surface area (Å²) in [5.74, 6) is 0.203. The van der Waals surface area contributed by atoms with Crippen molar-refractivity contribution in [2.75, 3.05) is 39.9 Å². The molecule has 0 aliphatic carbocycles. The van der Waals surface area contributed by atoms with Gasteiger partial charge in [0.1, 0.15) is 5.15 Å². The molecule has 110 valence electrons. The molecule has 1 saturated heterocycles. The van der Waals surface area contributed by atoms with Gasteiger partial charge in [0, 0.05) is 38.8 Å². The van der Waals surface area contributed by atoms with Crippen LogP contribution in [0.5, 0.6) is 0 Å². The van der Waals surface area contributed by atoms with Crippen molar-refractivity contribution in [1.29, 1.82) is 0 Å².